The molecule has 0 spiro atoms. The number of carbonyl (C=O) groups is 1. The quantitative estimate of drug-likeness (QED) is 0.718. The minimum absolute atomic E-state index is 0.0598. The molecule has 2 aromatic heterocycles. The number of hydrogen-bond acceptors (Lipinski definition) is 5. The molecule has 1 aromatic carbocycles. The van der Waals surface area contributed by atoms with Gasteiger partial charge in [0.25, 0.3) is 11.3 Å². The van der Waals surface area contributed by atoms with E-state index in [1.165, 1.54) is 17.7 Å². The van der Waals surface area contributed by atoms with Gasteiger partial charge in [-0.1, -0.05) is 30.3 Å². The van der Waals surface area contributed by atoms with Crippen molar-refractivity contribution in [3.8, 4) is 11.4 Å². The summed E-state index contributed by atoms with van der Waals surface area (Å²) in [6.07, 6.45) is -0.0598. The Kier molecular flexibility index (Phi) is 3.23. The van der Waals surface area contributed by atoms with Crippen molar-refractivity contribution in [2.24, 2.45) is 0 Å². The van der Waals surface area contributed by atoms with Crippen molar-refractivity contribution in [2.45, 2.75) is 6.42 Å². The van der Waals surface area contributed by atoms with Crippen molar-refractivity contribution >= 4 is 11.7 Å². The van der Waals surface area contributed by atoms with Crippen LogP contribution in [0.1, 0.15) is 5.69 Å². The monoisotopic (exact) mass is 284 g/mol. The standard InChI is InChI=1S/C14H12N4O3/c1-21-12(20)8-10-7-11(19)18-14(15-10)16-13(17-18)9-5-3-2-4-6-9/h2-7H,8H2,1H3,(H,15,16,17). The normalized spacial score (nSPS) is 10.7. The number of rotatable bonds is 3. The van der Waals surface area contributed by atoms with E-state index in [-0.39, 0.29) is 17.8 Å². The summed E-state index contributed by atoms with van der Waals surface area (Å²) in [5.41, 5.74) is 0.850. The molecule has 7 heteroatoms. The Balaban J connectivity index is 2.07. The number of aromatic nitrogens is 4. The predicted molar refractivity (Wildman–Crippen MR) is 74.8 cm³/mol. The third-order valence-corrected chi connectivity index (χ3v) is 2.98. The van der Waals surface area contributed by atoms with Gasteiger partial charge in [0.15, 0.2) is 5.82 Å². The first-order valence-corrected chi connectivity index (χ1v) is 6.28. The zero-order valence-electron chi connectivity index (χ0n) is 11.2. The molecule has 0 aliphatic heterocycles. The van der Waals surface area contributed by atoms with Crippen molar-refractivity contribution in [3.05, 3.63) is 52.4 Å². The van der Waals surface area contributed by atoms with Gasteiger partial charge in [0.1, 0.15) is 0 Å². The van der Waals surface area contributed by atoms with Crippen LogP contribution >= 0.6 is 0 Å². The van der Waals surface area contributed by atoms with Crippen LogP contribution in [-0.2, 0) is 16.0 Å². The number of benzene rings is 1. The third-order valence-electron chi connectivity index (χ3n) is 2.98. The van der Waals surface area contributed by atoms with Crippen LogP contribution in [0.25, 0.3) is 17.2 Å². The van der Waals surface area contributed by atoms with Gasteiger partial charge < -0.3 is 4.74 Å². The number of methoxy groups -OCH3 is 1. The van der Waals surface area contributed by atoms with E-state index in [0.717, 1.165) is 5.56 Å². The number of aromatic amines is 1. The van der Waals surface area contributed by atoms with Crippen molar-refractivity contribution in [2.75, 3.05) is 7.11 Å². The molecule has 0 aliphatic carbocycles. The predicted octanol–water partition coefficient (Wildman–Crippen LogP) is 0.800. The van der Waals surface area contributed by atoms with Crippen LogP contribution in [0.3, 0.4) is 0 Å². The number of nitrogens with one attached hydrogen (secondary N) is 1. The summed E-state index contributed by atoms with van der Waals surface area (Å²) in [7, 11) is 1.29. The molecule has 106 valence electrons. The van der Waals surface area contributed by atoms with Gasteiger partial charge >= 0.3 is 5.97 Å². The Morgan fingerprint density at radius 3 is 2.76 bits per heavy atom. The second-order valence-corrected chi connectivity index (χ2v) is 4.41. The Morgan fingerprint density at radius 1 is 1.29 bits per heavy atom. The highest BCUT2D eigenvalue weighted by atomic mass is 16.5. The number of carbonyl (C=O) groups excluding carboxylic acids is 1. The molecular formula is C14H12N4O3. The molecule has 0 aliphatic rings. The molecule has 7 nitrogen and oxygen atoms in total. The summed E-state index contributed by atoms with van der Waals surface area (Å²) in [6.45, 7) is 0. The van der Waals surface area contributed by atoms with E-state index >= 15 is 0 Å². The van der Waals surface area contributed by atoms with Gasteiger partial charge in [-0.05, 0) is 0 Å². The second kappa shape index (κ2) is 5.20. The molecule has 0 saturated carbocycles. The molecular weight excluding hydrogens is 272 g/mol. The Hall–Kier alpha value is -2.96. The molecule has 0 unspecified atom stereocenters. The van der Waals surface area contributed by atoms with Crippen LogP contribution in [0, 0.1) is 0 Å². The van der Waals surface area contributed by atoms with Crippen LogP contribution < -0.4 is 5.56 Å². The van der Waals surface area contributed by atoms with E-state index in [9.17, 15) is 9.59 Å². The van der Waals surface area contributed by atoms with Gasteiger partial charge in [0.05, 0.1) is 19.2 Å². The molecule has 0 amide bonds. The molecule has 2 heterocycles. The SMILES string of the molecule is COC(=O)Cc1cc(=O)n2[nH]c(-c3ccccc3)nc2n1. The van der Waals surface area contributed by atoms with Gasteiger partial charge in [0.2, 0.25) is 0 Å². The van der Waals surface area contributed by atoms with Gasteiger partial charge in [-0.3, -0.25) is 14.7 Å². The highest BCUT2D eigenvalue weighted by Gasteiger charge is 2.11. The maximum Gasteiger partial charge on any atom is 0.311 e. The largest absolute Gasteiger partial charge is 0.469 e. The fourth-order valence-corrected chi connectivity index (χ4v) is 1.96. The van der Waals surface area contributed by atoms with Gasteiger partial charge in [-0.15, -0.1) is 0 Å². The maximum absolute atomic E-state index is 12.0. The summed E-state index contributed by atoms with van der Waals surface area (Å²) in [6, 6.07) is 10.7. The number of esters is 1. The number of nitrogens with zero attached hydrogens (tertiary/aromatic N) is 3. The van der Waals surface area contributed by atoms with Crippen molar-refractivity contribution < 1.29 is 9.53 Å². The summed E-state index contributed by atoms with van der Waals surface area (Å²) in [4.78, 5) is 31.7. The zero-order valence-corrected chi connectivity index (χ0v) is 11.2. The Bertz CT molecular complexity index is 852. The average molecular weight is 284 g/mol. The number of hydrogen-bond donors (Lipinski definition) is 1. The molecule has 21 heavy (non-hydrogen) atoms. The fraction of sp³-hybridized carbons (Fsp3) is 0.143. The van der Waals surface area contributed by atoms with Crippen LogP contribution in [0.2, 0.25) is 0 Å². The van der Waals surface area contributed by atoms with Crippen LogP contribution in [0.15, 0.2) is 41.2 Å². The van der Waals surface area contributed by atoms with E-state index in [4.69, 9.17) is 0 Å². The molecule has 0 bridgehead atoms. The first kappa shape index (κ1) is 13.0. The molecule has 0 saturated heterocycles. The van der Waals surface area contributed by atoms with Gasteiger partial charge in [-0.2, -0.15) is 9.50 Å². The van der Waals surface area contributed by atoms with Crippen molar-refractivity contribution in [3.63, 3.8) is 0 Å². The molecule has 0 radical (unpaired) electrons. The van der Waals surface area contributed by atoms with E-state index in [1.807, 2.05) is 30.3 Å². The van der Waals surface area contributed by atoms with E-state index < -0.39 is 5.97 Å². The highest BCUT2D eigenvalue weighted by Crippen LogP contribution is 2.14. The van der Waals surface area contributed by atoms with Gasteiger partial charge in [0, 0.05) is 11.6 Å². The highest BCUT2D eigenvalue weighted by molar-refractivity contribution is 5.71. The van der Waals surface area contributed by atoms with Crippen LogP contribution in [-0.4, -0.2) is 32.7 Å². The first-order chi connectivity index (χ1) is 10.2. The lowest BCUT2D eigenvalue weighted by atomic mass is 10.2. The minimum atomic E-state index is -0.454. The summed E-state index contributed by atoms with van der Waals surface area (Å²) in [5.74, 6) is 0.306. The molecule has 3 rings (SSSR count). The van der Waals surface area contributed by atoms with Gasteiger partial charge in [-0.25, -0.2) is 4.98 Å². The Labute approximate surface area is 119 Å². The lowest BCUT2D eigenvalue weighted by Gasteiger charge is -1.98. The Morgan fingerprint density at radius 2 is 2.05 bits per heavy atom. The lowest BCUT2D eigenvalue weighted by molar-refractivity contribution is -0.139. The average Bonchev–Trinajstić information content (AvgIpc) is 2.92. The number of H-pyrrole nitrogens is 1. The summed E-state index contributed by atoms with van der Waals surface area (Å²) >= 11 is 0. The smallest absolute Gasteiger partial charge is 0.311 e. The molecule has 1 N–H and O–H groups in total. The maximum atomic E-state index is 12.0. The molecule has 0 fully saturated rings. The second-order valence-electron chi connectivity index (χ2n) is 4.41. The first-order valence-electron chi connectivity index (χ1n) is 6.28. The zero-order chi connectivity index (χ0) is 14.8. The van der Waals surface area contributed by atoms with Crippen LogP contribution in [0.5, 0.6) is 0 Å². The summed E-state index contributed by atoms with van der Waals surface area (Å²) in [5, 5.41) is 2.89. The van der Waals surface area contributed by atoms with E-state index in [1.54, 1.807) is 0 Å². The summed E-state index contributed by atoms with van der Waals surface area (Å²) < 4.78 is 5.80. The molecule has 3 aromatic rings. The lowest BCUT2D eigenvalue weighted by Crippen LogP contribution is -2.17. The van der Waals surface area contributed by atoms with Crippen molar-refractivity contribution in [1.82, 2.24) is 19.6 Å². The van der Waals surface area contributed by atoms with Crippen molar-refractivity contribution in [1.29, 1.82) is 0 Å². The van der Waals surface area contributed by atoms with Crippen LogP contribution in [0.4, 0.5) is 0 Å². The molecule has 0 atom stereocenters. The van der Waals surface area contributed by atoms with E-state index in [2.05, 4.69) is 19.8 Å². The minimum Gasteiger partial charge on any atom is -0.469 e. The topological polar surface area (TPSA) is 89.4 Å². The number of fused-ring (bicyclic) bond motifs is 1. The number of ether oxygens (including phenoxy) is 1. The fourth-order valence-electron chi connectivity index (χ4n) is 1.96. The van der Waals surface area contributed by atoms with E-state index in [0.29, 0.717) is 11.5 Å². The third kappa shape index (κ3) is 2.53.